The van der Waals surface area contributed by atoms with Crippen molar-refractivity contribution in [2.45, 2.75) is 36.8 Å². The van der Waals surface area contributed by atoms with Crippen LogP contribution in [0, 0.1) is 0 Å². The first-order valence-corrected chi connectivity index (χ1v) is 6.14. The Morgan fingerprint density at radius 3 is 2.24 bits per heavy atom. The van der Waals surface area contributed by atoms with E-state index in [9.17, 15) is 24.7 Å². The molecular weight excluding hydrogens is 259 g/mol. The third-order valence-corrected chi connectivity index (χ3v) is 3.08. The van der Waals surface area contributed by atoms with Gasteiger partial charge in [0.15, 0.2) is 5.60 Å². The first kappa shape index (κ1) is 14.5. The molecule has 0 radical (unpaired) electrons. The van der Waals surface area contributed by atoms with Gasteiger partial charge in [-0.1, -0.05) is 0 Å². The van der Waals surface area contributed by atoms with Gasteiger partial charge in [-0.2, -0.15) is 0 Å². The highest BCUT2D eigenvalue weighted by Gasteiger charge is 2.50. The third-order valence-electron chi connectivity index (χ3n) is 2.53. The molecular formula is C7H13O9P. The molecule has 0 bridgehead atoms. The minimum absolute atomic E-state index is 0.648. The zero-order chi connectivity index (χ0) is 13.4. The summed E-state index contributed by atoms with van der Waals surface area (Å²) >= 11 is 0. The summed E-state index contributed by atoms with van der Waals surface area (Å²) in [5, 5.41) is 37.0. The van der Waals surface area contributed by atoms with Gasteiger partial charge in [0.2, 0.25) is 0 Å². The number of aliphatic hydroxyl groups is 3. The summed E-state index contributed by atoms with van der Waals surface area (Å²) in [7, 11) is -4.96. The van der Waals surface area contributed by atoms with Crippen LogP contribution in [0.2, 0.25) is 0 Å². The molecule has 17 heavy (non-hydrogen) atoms. The van der Waals surface area contributed by atoms with E-state index in [1.165, 1.54) is 0 Å². The van der Waals surface area contributed by atoms with Crippen molar-refractivity contribution in [2.24, 2.45) is 0 Å². The molecule has 4 atom stereocenters. The zero-order valence-electron chi connectivity index (χ0n) is 8.50. The summed E-state index contributed by atoms with van der Waals surface area (Å²) in [4.78, 5) is 27.8. The Morgan fingerprint density at radius 2 is 1.82 bits per heavy atom. The van der Waals surface area contributed by atoms with Gasteiger partial charge in [-0.15, -0.1) is 0 Å². The molecule has 0 aromatic rings. The molecule has 9 nitrogen and oxygen atoms in total. The van der Waals surface area contributed by atoms with Crippen LogP contribution in [0.4, 0.5) is 0 Å². The average Bonchev–Trinajstić information content (AvgIpc) is 2.11. The summed E-state index contributed by atoms with van der Waals surface area (Å²) in [6, 6.07) is 0. The molecule has 0 saturated heterocycles. The van der Waals surface area contributed by atoms with Gasteiger partial charge in [0.1, 0.15) is 12.2 Å². The maximum Gasteiger partial charge on any atom is 0.469 e. The number of hydrogen-bond donors (Lipinski definition) is 6. The Bertz CT molecular complexity index is 351. The molecule has 0 unspecified atom stereocenters. The number of phosphoric acid groups is 1. The normalized spacial score (nSPS) is 39.0. The summed E-state index contributed by atoms with van der Waals surface area (Å²) in [5.74, 6) is -1.66. The van der Waals surface area contributed by atoms with E-state index < -0.39 is 50.5 Å². The van der Waals surface area contributed by atoms with Crippen LogP contribution in [0.25, 0.3) is 0 Å². The number of phosphoric ester groups is 1. The van der Waals surface area contributed by atoms with Crippen molar-refractivity contribution in [1.82, 2.24) is 0 Å². The number of carboxylic acid groups (broad SMARTS) is 1. The van der Waals surface area contributed by atoms with Gasteiger partial charge in [0, 0.05) is 12.8 Å². The SMILES string of the molecule is O=C(O)[C@@]1(O)C[C@@H](O)[C@H](O)[C@H](OP(=O)(O)O)C1. The lowest BCUT2D eigenvalue weighted by Crippen LogP contribution is -2.56. The smallest absolute Gasteiger partial charge is 0.469 e. The first-order chi connectivity index (χ1) is 7.55. The predicted molar refractivity (Wildman–Crippen MR) is 50.8 cm³/mol. The van der Waals surface area contributed by atoms with Gasteiger partial charge in [0.05, 0.1) is 6.10 Å². The van der Waals surface area contributed by atoms with Crippen molar-refractivity contribution >= 4 is 13.8 Å². The number of rotatable bonds is 3. The van der Waals surface area contributed by atoms with E-state index in [1.54, 1.807) is 0 Å². The van der Waals surface area contributed by atoms with Crippen molar-refractivity contribution in [2.75, 3.05) is 0 Å². The molecule has 0 amide bonds. The number of hydrogen-bond acceptors (Lipinski definition) is 6. The molecule has 1 aliphatic rings. The predicted octanol–water partition coefficient (Wildman–Crippen LogP) is -2.20. The molecule has 0 heterocycles. The van der Waals surface area contributed by atoms with E-state index in [4.69, 9.17) is 14.9 Å². The van der Waals surface area contributed by atoms with Gasteiger partial charge in [-0.3, -0.25) is 4.52 Å². The van der Waals surface area contributed by atoms with E-state index in [-0.39, 0.29) is 0 Å². The van der Waals surface area contributed by atoms with E-state index >= 15 is 0 Å². The highest BCUT2D eigenvalue weighted by Crippen LogP contribution is 2.43. The molecule has 0 aromatic carbocycles. The van der Waals surface area contributed by atoms with E-state index in [0.29, 0.717) is 0 Å². The van der Waals surface area contributed by atoms with Crippen LogP contribution < -0.4 is 0 Å². The Hall–Kier alpha value is -0.540. The van der Waals surface area contributed by atoms with Gasteiger partial charge in [0.25, 0.3) is 0 Å². The van der Waals surface area contributed by atoms with Crippen LogP contribution in [-0.4, -0.2) is 60.1 Å². The molecule has 0 aliphatic heterocycles. The van der Waals surface area contributed by atoms with Crippen LogP contribution in [0.1, 0.15) is 12.8 Å². The van der Waals surface area contributed by atoms with Gasteiger partial charge >= 0.3 is 13.8 Å². The topological polar surface area (TPSA) is 165 Å². The largest absolute Gasteiger partial charge is 0.479 e. The van der Waals surface area contributed by atoms with Crippen molar-refractivity contribution in [3.05, 3.63) is 0 Å². The summed E-state index contributed by atoms with van der Waals surface area (Å²) in [6.45, 7) is 0. The number of aliphatic carboxylic acids is 1. The first-order valence-electron chi connectivity index (χ1n) is 4.61. The minimum atomic E-state index is -4.96. The Kier molecular flexibility index (Phi) is 3.94. The van der Waals surface area contributed by atoms with Crippen LogP contribution in [-0.2, 0) is 13.9 Å². The Morgan fingerprint density at radius 1 is 1.29 bits per heavy atom. The molecule has 1 rings (SSSR count). The maximum absolute atomic E-state index is 10.7. The summed E-state index contributed by atoms with van der Waals surface area (Å²) in [5.41, 5.74) is -2.39. The van der Waals surface area contributed by atoms with Crippen LogP contribution in [0.5, 0.6) is 0 Å². The molecule has 1 saturated carbocycles. The van der Waals surface area contributed by atoms with E-state index in [0.717, 1.165) is 0 Å². The second-order valence-electron chi connectivity index (χ2n) is 3.94. The average molecular weight is 272 g/mol. The molecule has 0 spiro atoms. The Balaban J connectivity index is 2.89. The fraction of sp³-hybridized carbons (Fsp3) is 0.857. The zero-order valence-corrected chi connectivity index (χ0v) is 9.40. The molecule has 0 aromatic heterocycles. The van der Waals surface area contributed by atoms with Crippen LogP contribution >= 0.6 is 7.82 Å². The lowest BCUT2D eigenvalue weighted by molar-refractivity contribution is -0.185. The monoisotopic (exact) mass is 272 g/mol. The molecule has 10 heteroatoms. The quantitative estimate of drug-likeness (QED) is 0.312. The van der Waals surface area contributed by atoms with Crippen LogP contribution in [0.15, 0.2) is 0 Å². The van der Waals surface area contributed by atoms with Crippen molar-refractivity contribution in [1.29, 1.82) is 0 Å². The molecule has 6 N–H and O–H groups in total. The molecule has 100 valence electrons. The van der Waals surface area contributed by atoms with Crippen molar-refractivity contribution < 1.29 is 44.1 Å². The standard InChI is InChI=1S/C7H13O9P/c8-3-1-7(12,6(10)11)2-4(5(3)9)16-17(13,14)15/h3-5,8-9,12H,1-2H2,(H,10,11)(H2,13,14,15)/t3-,4-,5+,7-/m1/s1. The summed E-state index contributed by atoms with van der Waals surface area (Å²) < 4.78 is 14.7. The van der Waals surface area contributed by atoms with Crippen molar-refractivity contribution in [3.8, 4) is 0 Å². The van der Waals surface area contributed by atoms with E-state index in [1.807, 2.05) is 0 Å². The van der Waals surface area contributed by atoms with Crippen molar-refractivity contribution in [3.63, 3.8) is 0 Å². The Labute approximate surface area is 95.5 Å². The maximum atomic E-state index is 10.7. The minimum Gasteiger partial charge on any atom is -0.479 e. The fourth-order valence-electron chi connectivity index (χ4n) is 1.70. The van der Waals surface area contributed by atoms with E-state index in [2.05, 4.69) is 4.52 Å². The molecule has 1 fully saturated rings. The van der Waals surface area contributed by atoms with Gasteiger partial charge in [-0.25, -0.2) is 9.36 Å². The number of carboxylic acids is 1. The third kappa shape index (κ3) is 3.46. The highest BCUT2D eigenvalue weighted by atomic mass is 31.2. The second kappa shape index (κ2) is 4.62. The number of carbonyl (C=O) groups is 1. The lowest BCUT2D eigenvalue weighted by Gasteiger charge is -2.39. The van der Waals surface area contributed by atoms with Crippen LogP contribution in [0.3, 0.4) is 0 Å². The van der Waals surface area contributed by atoms with Gasteiger partial charge < -0.3 is 30.2 Å². The second-order valence-corrected chi connectivity index (χ2v) is 5.13. The molecule has 1 aliphatic carbocycles. The van der Waals surface area contributed by atoms with Gasteiger partial charge in [-0.05, 0) is 0 Å². The summed E-state index contributed by atoms with van der Waals surface area (Å²) in [6.07, 6.45) is -6.37. The number of aliphatic hydroxyl groups excluding tert-OH is 2. The highest BCUT2D eigenvalue weighted by molar-refractivity contribution is 7.46. The lowest BCUT2D eigenvalue weighted by atomic mass is 9.80. The fourth-order valence-corrected chi connectivity index (χ4v) is 2.25.